The molecular formula is C13H18N2O3. The highest BCUT2D eigenvalue weighted by Gasteiger charge is 2.18. The van der Waals surface area contributed by atoms with Gasteiger partial charge in [-0.15, -0.1) is 0 Å². The molecule has 2 N–H and O–H groups in total. The van der Waals surface area contributed by atoms with Gasteiger partial charge >= 0.3 is 6.03 Å². The molecule has 0 spiro atoms. The van der Waals surface area contributed by atoms with Crippen molar-refractivity contribution in [3.05, 3.63) is 29.3 Å². The normalized spacial score (nSPS) is 14.8. The summed E-state index contributed by atoms with van der Waals surface area (Å²) < 4.78 is 5.69. The standard InChI is InChI=1S/C13H18N2O3/c1-10-3-2-4-11(9-16)12(10)18-8-7-15-6-5-14-13(15)17/h2-4,16H,5-9H2,1H3,(H,14,17). The average molecular weight is 250 g/mol. The fraction of sp³-hybridized carbons (Fsp3) is 0.462. The van der Waals surface area contributed by atoms with Gasteiger partial charge in [0.25, 0.3) is 0 Å². The first-order valence-corrected chi connectivity index (χ1v) is 6.07. The van der Waals surface area contributed by atoms with E-state index in [1.807, 2.05) is 25.1 Å². The Labute approximate surface area is 106 Å². The number of urea groups is 1. The van der Waals surface area contributed by atoms with E-state index in [1.54, 1.807) is 4.90 Å². The molecule has 1 heterocycles. The molecule has 18 heavy (non-hydrogen) atoms. The molecular weight excluding hydrogens is 232 g/mol. The van der Waals surface area contributed by atoms with Crippen molar-refractivity contribution in [2.45, 2.75) is 13.5 Å². The minimum Gasteiger partial charge on any atom is -0.491 e. The first kappa shape index (κ1) is 12.7. The first-order chi connectivity index (χ1) is 8.72. The van der Waals surface area contributed by atoms with Gasteiger partial charge in [0.2, 0.25) is 0 Å². The van der Waals surface area contributed by atoms with Gasteiger partial charge in [0.15, 0.2) is 0 Å². The number of para-hydroxylation sites is 1. The van der Waals surface area contributed by atoms with Crippen LogP contribution in [-0.2, 0) is 6.61 Å². The van der Waals surface area contributed by atoms with E-state index in [9.17, 15) is 9.90 Å². The van der Waals surface area contributed by atoms with Crippen LogP contribution in [0.4, 0.5) is 4.79 Å². The molecule has 0 atom stereocenters. The molecule has 1 aromatic carbocycles. The molecule has 1 aromatic rings. The van der Waals surface area contributed by atoms with Crippen molar-refractivity contribution in [1.29, 1.82) is 0 Å². The molecule has 0 aromatic heterocycles. The maximum atomic E-state index is 11.3. The second-order valence-corrected chi connectivity index (χ2v) is 4.29. The maximum Gasteiger partial charge on any atom is 0.317 e. The topological polar surface area (TPSA) is 61.8 Å². The van der Waals surface area contributed by atoms with E-state index in [4.69, 9.17) is 4.74 Å². The number of ether oxygens (including phenoxy) is 1. The highest BCUT2D eigenvalue weighted by molar-refractivity contribution is 5.76. The second kappa shape index (κ2) is 5.73. The summed E-state index contributed by atoms with van der Waals surface area (Å²) in [6, 6.07) is 5.63. The van der Waals surface area contributed by atoms with Crippen LogP contribution in [0.2, 0.25) is 0 Å². The quantitative estimate of drug-likeness (QED) is 0.816. The van der Waals surface area contributed by atoms with Crippen LogP contribution in [0.5, 0.6) is 5.75 Å². The monoisotopic (exact) mass is 250 g/mol. The van der Waals surface area contributed by atoms with Crippen molar-refractivity contribution in [2.24, 2.45) is 0 Å². The Morgan fingerprint density at radius 2 is 2.33 bits per heavy atom. The molecule has 5 nitrogen and oxygen atoms in total. The largest absolute Gasteiger partial charge is 0.491 e. The van der Waals surface area contributed by atoms with E-state index in [1.165, 1.54) is 0 Å². The number of aryl methyl sites for hydroxylation is 1. The van der Waals surface area contributed by atoms with Crippen LogP contribution in [0.15, 0.2) is 18.2 Å². The molecule has 0 radical (unpaired) electrons. The van der Waals surface area contributed by atoms with E-state index in [-0.39, 0.29) is 12.6 Å². The summed E-state index contributed by atoms with van der Waals surface area (Å²) in [6.07, 6.45) is 0. The summed E-state index contributed by atoms with van der Waals surface area (Å²) in [6.45, 7) is 4.32. The smallest absolute Gasteiger partial charge is 0.317 e. The van der Waals surface area contributed by atoms with E-state index in [2.05, 4.69) is 5.32 Å². The molecule has 2 amide bonds. The molecule has 0 aliphatic carbocycles. The van der Waals surface area contributed by atoms with Gasteiger partial charge in [-0.3, -0.25) is 0 Å². The molecule has 0 bridgehead atoms. The highest BCUT2D eigenvalue weighted by atomic mass is 16.5. The van der Waals surface area contributed by atoms with Gasteiger partial charge in [-0.05, 0) is 12.5 Å². The summed E-state index contributed by atoms with van der Waals surface area (Å²) in [7, 11) is 0. The van der Waals surface area contributed by atoms with Crippen LogP contribution < -0.4 is 10.1 Å². The Balaban J connectivity index is 1.92. The maximum absolute atomic E-state index is 11.3. The lowest BCUT2D eigenvalue weighted by molar-refractivity contribution is 0.200. The first-order valence-electron chi connectivity index (χ1n) is 6.07. The molecule has 1 aliphatic heterocycles. The molecule has 1 aliphatic rings. The fourth-order valence-electron chi connectivity index (χ4n) is 2.03. The Bertz CT molecular complexity index is 434. The lowest BCUT2D eigenvalue weighted by Crippen LogP contribution is -2.32. The van der Waals surface area contributed by atoms with Crippen molar-refractivity contribution in [3.63, 3.8) is 0 Å². The summed E-state index contributed by atoms with van der Waals surface area (Å²) in [5, 5.41) is 12.0. The Kier molecular flexibility index (Phi) is 4.04. The van der Waals surface area contributed by atoms with Crippen molar-refractivity contribution < 1.29 is 14.6 Å². The lowest BCUT2D eigenvalue weighted by Gasteiger charge is -2.17. The number of nitrogens with one attached hydrogen (secondary N) is 1. The molecule has 0 saturated carbocycles. The molecule has 5 heteroatoms. The van der Waals surface area contributed by atoms with E-state index in [0.29, 0.717) is 19.7 Å². The summed E-state index contributed by atoms with van der Waals surface area (Å²) in [5.41, 5.74) is 1.77. The number of hydrogen-bond donors (Lipinski definition) is 2. The number of aliphatic hydroxyl groups excluding tert-OH is 1. The van der Waals surface area contributed by atoms with Crippen molar-refractivity contribution >= 4 is 6.03 Å². The zero-order valence-electron chi connectivity index (χ0n) is 10.5. The van der Waals surface area contributed by atoms with Crippen LogP contribution in [-0.4, -0.2) is 42.3 Å². The second-order valence-electron chi connectivity index (χ2n) is 4.29. The van der Waals surface area contributed by atoms with Crippen LogP contribution in [0.3, 0.4) is 0 Å². The van der Waals surface area contributed by atoms with Gasteiger partial charge in [0.05, 0.1) is 13.2 Å². The number of amides is 2. The van der Waals surface area contributed by atoms with Crippen molar-refractivity contribution in [1.82, 2.24) is 10.2 Å². The van der Waals surface area contributed by atoms with Crippen LogP contribution in [0, 0.1) is 6.92 Å². The SMILES string of the molecule is Cc1cccc(CO)c1OCCN1CCNC1=O. The predicted octanol–water partition coefficient (Wildman–Crippen LogP) is 0.891. The van der Waals surface area contributed by atoms with Gasteiger partial charge in [-0.2, -0.15) is 0 Å². The number of aliphatic hydroxyl groups is 1. The van der Waals surface area contributed by atoms with E-state index >= 15 is 0 Å². The Hall–Kier alpha value is -1.75. The third-order valence-corrected chi connectivity index (χ3v) is 3.02. The van der Waals surface area contributed by atoms with Gasteiger partial charge in [0, 0.05) is 18.7 Å². The van der Waals surface area contributed by atoms with Gasteiger partial charge in [-0.25, -0.2) is 4.79 Å². The summed E-state index contributed by atoms with van der Waals surface area (Å²) in [5.74, 6) is 0.722. The number of nitrogens with zero attached hydrogens (tertiary/aromatic N) is 1. The fourth-order valence-corrected chi connectivity index (χ4v) is 2.03. The third kappa shape index (κ3) is 2.73. The highest BCUT2D eigenvalue weighted by Crippen LogP contribution is 2.23. The average Bonchev–Trinajstić information content (AvgIpc) is 2.77. The zero-order chi connectivity index (χ0) is 13.0. The van der Waals surface area contributed by atoms with Crippen LogP contribution >= 0.6 is 0 Å². The number of carbonyl (C=O) groups excluding carboxylic acids is 1. The Morgan fingerprint density at radius 3 is 3.00 bits per heavy atom. The molecule has 0 unspecified atom stereocenters. The third-order valence-electron chi connectivity index (χ3n) is 3.02. The lowest BCUT2D eigenvalue weighted by atomic mass is 10.1. The minimum absolute atomic E-state index is 0.0363. The zero-order valence-corrected chi connectivity index (χ0v) is 10.5. The van der Waals surface area contributed by atoms with Crippen molar-refractivity contribution in [2.75, 3.05) is 26.2 Å². The predicted molar refractivity (Wildman–Crippen MR) is 67.6 cm³/mol. The van der Waals surface area contributed by atoms with Crippen molar-refractivity contribution in [3.8, 4) is 5.75 Å². The number of rotatable bonds is 5. The van der Waals surface area contributed by atoms with E-state index in [0.717, 1.165) is 23.4 Å². The van der Waals surface area contributed by atoms with Crippen LogP contribution in [0.1, 0.15) is 11.1 Å². The number of carbonyl (C=O) groups is 1. The number of benzene rings is 1. The van der Waals surface area contributed by atoms with Gasteiger partial charge in [-0.1, -0.05) is 18.2 Å². The summed E-state index contributed by atoms with van der Waals surface area (Å²) in [4.78, 5) is 13.0. The number of hydrogen-bond acceptors (Lipinski definition) is 3. The molecule has 1 fully saturated rings. The van der Waals surface area contributed by atoms with E-state index < -0.39 is 0 Å². The molecule has 1 saturated heterocycles. The molecule has 98 valence electrons. The van der Waals surface area contributed by atoms with Gasteiger partial charge in [0.1, 0.15) is 12.4 Å². The van der Waals surface area contributed by atoms with Gasteiger partial charge < -0.3 is 20.1 Å². The summed E-state index contributed by atoms with van der Waals surface area (Å²) >= 11 is 0. The Morgan fingerprint density at radius 1 is 1.50 bits per heavy atom. The van der Waals surface area contributed by atoms with Crippen LogP contribution in [0.25, 0.3) is 0 Å². The molecule has 2 rings (SSSR count). The minimum atomic E-state index is -0.0405.